The summed E-state index contributed by atoms with van der Waals surface area (Å²) in [7, 11) is 0. The smallest absolute Gasteiger partial charge is 0.267 e. The van der Waals surface area contributed by atoms with Crippen LogP contribution in [-0.4, -0.2) is 27.1 Å². The zero-order chi connectivity index (χ0) is 21.3. The van der Waals surface area contributed by atoms with Crippen molar-refractivity contribution >= 4 is 73.1 Å². The lowest BCUT2D eigenvalue weighted by molar-refractivity contribution is -0.124. The van der Waals surface area contributed by atoms with Gasteiger partial charge in [0.05, 0.1) is 14.2 Å². The first-order chi connectivity index (χ1) is 14.4. The van der Waals surface area contributed by atoms with Crippen molar-refractivity contribution in [3.05, 3.63) is 61.0 Å². The molecule has 2 atom stereocenters. The van der Waals surface area contributed by atoms with E-state index >= 15 is 0 Å². The molecule has 2 aliphatic rings. The highest BCUT2D eigenvalue weighted by Gasteiger charge is 2.41. The van der Waals surface area contributed by atoms with Crippen LogP contribution in [0.15, 0.2) is 56.8 Å². The summed E-state index contributed by atoms with van der Waals surface area (Å²) < 4.78 is 1.60. The monoisotopic (exact) mass is 596 g/mol. The van der Waals surface area contributed by atoms with E-state index in [1.165, 1.54) is 18.2 Å². The highest BCUT2D eigenvalue weighted by molar-refractivity contribution is 14.1. The number of thioether (sulfide) groups is 1. The van der Waals surface area contributed by atoms with Gasteiger partial charge in [0, 0.05) is 16.1 Å². The Labute approximate surface area is 203 Å². The Kier molecular flexibility index (Phi) is 6.89. The quantitative estimate of drug-likeness (QED) is 0.308. The van der Waals surface area contributed by atoms with Crippen LogP contribution < -0.4 is 0 Å². The van der Waals surface area contributed by atoms with Gasteiger partial charge in [-0.2, -0.15) is 0 Å². The number of aliphatic imine (C=N–C) groups is 1. The van der Waals surface area contributed by atoms with Crippen LogP contribution >= 0.6 is 50.3 Å². The molecule has 0 aromatic heterocycles. The fourth-order valence-electron chi connectivity index (χ4n) is 3.99. The molecule has 1 heterocycles. The van der Waals surface area contributed by atoms with Gasteiger partial charge < -0.3 is 5.11 Å². The van der Waals surface area contributed by atoms with Crippen molar-refractivity contribution in [2.75, 3.05) is 0 Å². The molecule has 0 spiro atoms. The second-order valence-electron chi connectivity index (χ2n) is 7.67. The Morgan fingerprint density at radius 2 is 1.97 bits per heavy atom. The number of benzene rings is 2. The van der Waals surface area contributed by atoms with Crippen molar-refractivity contribution in [1.29, 1.82) is 0 Å². The number of phenols is 1. The van der Waals surface area contributed by atoms with Crippen LogP contribution in [0.3, 0.4) is 0 Å². The largest absolute Gasteiger partial charge is 0.506 e. The zero-order valence-corrected chi connectivity index (χ0v) is 21.1. The summed E-state index contributed by atoms with van der Waals surface area (Å²) in [6.07, 6.45) is 6.25. The molecule has 30 heavy (non-hydrogen) atoms. The Morgan fingerprint density at radius 3 is 2.70 bits per heavy atom. The van der Waals surface area contributed by atoms with Crippen LogP contribution in [0.5, 0.6) is 5.75 Å². The van der Waals surface area contributed by atoms with Gasteiger partial charge in [0.15, 0.2) is 5.17 Å². The minimum Gasteiger partial charge on any atom is -0.506 e. The van der Waals surface area contributed by atoms with Crippen LogP contribution in [0.1, 0.15) is 38.2 Å². The number of para-hydroxylation sites is 1. The minimum atomic E-state index is -0.0252. The molecule has 0 bridgehead atoms. The maximum Gasteiger partial charge on any atom is 0.267 e. The van der Waals surface area contributed by atoms with Crippen LogP contribution in [0.4, 0.5) is 5.69 Å². The molecule has 1 saturated carbocycles. The summed E-state index contributed by atoms with van der Waals surface area (Å²) in [6.45, 7) is 2.23. The lowest BCUT2D eigenvalue weighted by Crippen LogP contribution is -2.44. The molecule has 4 nitrogen and oxygen atoms in total. The molecule has 1 aliphatic heterocycles. The highest BCUT2D eigenvalue weighted by Crippen LogP contribution is 2.41. The van der Waals surface area contributed by atoms with Crippen molar-refractivity contribution in [1.82, 2.24) is 4.90 Å². The van der Waals surface area contributed by atoms with Gasteiger partial charge in [-0.3, -0.25) is 9.69 Å². The fourth-order valence-corrected chi connectivity index (χ4v) is 6.57. The topological polar surface area (TPSA) is 52.9 Å². The first-order valence-electron chi connectivity index (χ1n) is 9.99. The lowest BCUT2D eigenvalue weighted by atomic mass is 9.85. The number of phenolic OH excluding ortho intramolecular Hbond substituents is 1. The van der Waals surface area contributed by atoms with Crippen molar-refractivity contribution in [2.24, 2.45) is 10.9 Å². The second kappa shape index (κ2) is 9.44. The summed E-state index contributed by atoms with van der Waals surface area (Å²) in [4.78, 5) is 20.8. The van der Waals surface area contributed by atoms with E-state index in [4.69, 9.17) is 4.99 Å². The molecule has 1 saturated heterocycles. The molecule has 2 aromatic rings. The predicted octanol–water partition coefficient (Wildman–Crippen LogP) is 6.94. The van der Waals surface area contributed by atoms with E-state index in [0.717, 1.165) is 38.2 Å². The molecular weight excluding hydrogens is 575 g/mol. The number of aromatic hydroxyl groups is 1. The lowest BCUT2D eigenvalue weighted by Gasteiger charge is -2.35. The van der Waals surface area contributed by atoms with Crippen LogP contribution in [0.2, 0.25) is 0 Å². The second-order valence-corrected chi connectivity index (χ2v) is 10.8. The van der Waals surface area contributed by atoms with Gasteiger partial charge >= 0.3 is 0 Å². The number of amides is 1. The molecule has 2 aromatic carbocycles. The van der Waals surface area contributed by atoms with Crippen LogP contribution in [0, 0.1) is 9.49 Å². The van der Waals surface area contributed by atoms with Gasteiger partial charge in [0.1, 0.15) is 5.75 Å². The van der Waals surface area contributed by atoms with Crippen molar-refractivity contribution < 1.29 is 9.90 Å². The molecule has 0 unspecified atom stereocenters. The molecule has 4 rings (SSSR count). The average Bonchev–Trinajstić information content (AvgIpc) is 3.02. The van der Waals surface area contributed by atoms with Crippen molar-refractivity contribution in [3.8, 4) is 5.75 Å². The number of hydrogen-bond donors (Lipinski definition) is 1. The molecule has 156 valence electrons. The van der Waals surface area contributed by atoms with E-state index in [-0.39, 0.29) is 17.7 Å². The van der Waals surface area contributed by atoms with Crippen LogP contribution in [-0.2, 0) is 4.79 Å². The molecule has 1 N–H and O–H groups in total. The summed E-state index contributed by atoms with van der Waals surface area (Å²) in [5.41, 5.74) is 1.46. The van der Waals surface area contributed by atoms with Gasteiger partial charge in [-0.25, -0.2) is 4.99 Å². The summed E-state index contributed by atoms with van der Waals surface area (Å²) >= 11 is 6.96. The van der Waals surface area contributed by atoms with Gasteiger partial charge in [0.25, 0.3) is 5.91 Å². The third-order valence-corrected chi connectivity index (χ3v) is 7.82. The van der Waals surface area contributed by atoms with Crippen molar-refractivity contribution in [2.45, 2.75) is 38.6 Å². The van der Waals surface area contributed by atoms with Crippen molar-refractivity contribution in [3.63, 3.8) is 0 Å². The number of carbonyl (C=O) groups excluding carboxylic acids is 1. The minimum absolute atomic E-state index is 0.0252. The third kappa shape index (κ3) is 4.62. The fraction of sp³-hybridized carbons (Fsp3) is 0.304. The van der Waals surface area contributed by atoms with Gasteiger partial charge in [-0.05, 0) is 83.5 Å². The van der Waals surface area contributed by atoms with Crippen LogP contribution in [0.25, 0.3) is 6.08 Å². The van der Waals surface area contributed by atoms with Gasteiger partial charge in [-0.15, -0.1) is 0 Å². The van der Waals surface area contributed by atoms with Gasteiger partial charge in [0.2, 0.25) is 0 Å². The van der Waals surface area contributed by atoms with E-state index in [2.05, 4.69) is 45.4 Å². The molecule has 1 amide bonds. The molecule has 1 aliphatic carbocycles. The molecular formula is C23H22BrIN2O2S. The normalized spacial score (nSPS) is 24.8. The first-order valence-corrected chi connectivity index (χ1v) is 12.7. The van der Waals surface area contributed by atoms with E-state index in [0.29, 0.717) is 16.4 Å². The maximum atomic E-state index is 13.5. The number of hydrogen-bond acceptors (Lipinski definition) is 4. The third-order valence-electron chi connectivity index (χ3n) is 5.56. The number of amidine groups is 1. The number of halogens is 2. The molecule has 7 heteroatoms. The number of rotatable bonds is 3. The predicted molar refractivity (Wildman–Crippen MR) is 136 cm³/mol. The molecule has 0 radical (unpaired) electrons. The summed E-state index contributed by atoms with van der Waals surface area (Å²) in [5.74, 6) is 0.595. The maximum absolute atomic E-state index is 13.5. The van der Waals surface area contributed by atoms with E-state index < -0.39 is 0 Å². The number of nitrogens with zero attached hydrogens (tertiary/aromatic N) is 2. The zero-order valence-electron chi connectivity index (χ0n) is 16.5. The average molecular weight is 597 g/mol. The Bertz CT molecular complexity index is 1030. The molecule has 2 fully saturated rings. The van der Waals surface area contributed by atoms with E-state index in [1.807, 2.05) is 47.4 Å². The SMILES string of the molecule is C[C@@H]1CCCC[C@@H]1N1C(=O)/C(=C/c2cc(Br)cc(I)c2O)SC1=Nc1ccccc1. The van der Waals surface area contributed by atoms with E-state index in [1.54, 1.807) is 6.08 Å². The Hall–Kier alpha value is -1.32. The summed E-state index contributed by atoms with van der Waals surface area (Å²) in [6, 6.07) is 13.6. The summed E-state index contributed by atoms with van der Waals surface area (Å²) in [5, 5.41) is 11.2. The van der Waals surface area contributed by atoms with E-state index in [9.17, 15) is 9.90 Å². The highest BCUT2D eigenvalue weighted by atomic mass is 127. The number of carbonyl (C=O) groups is 1. The Morgan fingerprint density at radius 1 is 1.23 bits per heavy atom. The Balaban J connectivity index is 1.76. The first kappa shape index (κ1) is 21.9. The standard InChI is InChI=1S/C23H22BrIN2O2S/c1-14-7-5-6-10-19(14)27-22(29)20(12-15-11-16(24)13-18(25)21(15)28)30-23(27)26-17-8-3-2-4-9-17/h2-4,8-9,11-14,19,28H,5-7,10H2,1H3/b20-12-,26-23?/t14-,19+/m1/s1. The van der Waals surface area contributed by atoms with Gasteiger partial charge in [-0.1, -0.05) is 53.9 Å².